The zero-order valence-corrected chi connectivity index (χ0v) is 16.5. The lowest BCUT2D eigenvalue weighted by atomic mass is 10.2. The summed E-state index contributed by atoms with van der Waals surface area (Å²) in [5.74, 6) is 0. The molecule has 1 aromatic heterocycles. The second kappa shape index (κ2) is 7.24. The highest BCUT2D eigenvalue weighted by Gasteiger charge is 2.22. The van der Waals surface area contributed by atoms with Crippen molar-refractivity contribution in [3.8, 4) is 0 Å². The molecule has 2 aromatic carbocycles. The van der Waals surface area contributed by atoms with Crippen molar-refractivity contribution in [3.63, 3.8) is 0 Å². The third-order valence-electron chi connectivity index (χ3n) is 4.45. The molecule has 4 rings (SSSR count). The lowest BCUT2D eigenvalue weighted by molar-refractivity contribution is 0.579. The summed E-state index contributed by atoms with van der Waals surface area (Å²) in [7, 11) is -3.89. The Balaban J connectivity index is 1.74. The number of benzene rings is 2. The van der Waals surface area contributed by atoms with Crippen molar-refractivity contribution in [2.24, 2.45) is 0 Å². The first kappa shape index (κ1) is 18.4. The van der Waals surface area contributed by atoms with Crippen molar-refractivity contribution in [2.75, 3.05) is 35.8 Å². The summed E-state index contributed by atoms with van der Waals surface area (Å²) in [5, 5.41) is 4.31. The Hall–Kier alpha value is -1.93. The molecule has 1 fully saturated rings. The van der Waals surface area contributed by atoms with Gasteiger partial charge in [0.05, 0.1) is 27.7 Å². The molecule has 2 N–H and O–H groups in total. The van der Waals surface area contributed by atoms with Gasteiger partial charge in [0.2, 0.25) is 0 Å². The zero-order chi connectivity index (χ0) is 19.0. The number of fused-ring (bicyclic) bond motifs is 1. The fourth-order valence-electron chi connectivity index (χ4n) is 3.16. The maximum atomic E-state index is 12.8. The van der Waals surface area contributed by atoms with Crippen molar-refractivity contribution in [1.82, 2.24) is 5.32 Å². The number of hydrogen-bond donors (Lipinski definition) is 2. The van der Waals surface area contributed by atoms with E-state index >= 15 is 0 Å². The molecule has 9 heteroatoms. The molecule has 6 nitrogen and oxygen atoms in total. The van der Waals surface area contributed by atoms with Crippen LogP contribution in [0.3, 0.4) is 0 Å². The largest absolute Gasteiger partial charge is 0.462 e. The van der Waals surface area contributed by atoms with E-state index in [4.69, 9.17) is 27.6 Å². The molecule has 27 heavy (non-hydrogen) atoms. The van der Waals surface area contributed by atoms with Gasteiger partial charge in [-0.05, 0) is 30.3 Å². The molecule has 0 aliphatic carbocycles. The minimum Gasteiger partial charge on any atom is -0.462 e. The van der Waals surface area contributed by atoms with E-state index in [1.165, 1.54) is 6.07 Å². The summed E-state index contributed by atoms with van der Waals surface area (Å²) in [6, 6.07) is 9.85. The first-order chi connectivity index (χ1) is 13.0. The van der Waals surface area contributed by atoms with E-state index in [1.807, 2.05) is 6.07 Å². The number of rotatable bonds is 4. The summed E-state index contributed by atoms with van der Waals surface area (Å²) >= 11 is 12.1. The van der Waals surface area contributed by atoms with E-state index < -0.39 is 10.0 Å². The highest BCUT2D eigenvalue weighted by molar-refractivity contribution is 7.92. The molecule has 0 bridgehead atoms. The Morgan fingerprint density at radius 2 is 1.89 bits per heavy atom. The quantitative estimate of drug-likeness (QED) is 0.661. The molecule has 1 saturated heterocycles. The molecule has 0 spiro atoms. The lowest BCUT2D eigenvalue weighted by Crippen LogP contribution is -2.43. The molecule has 3 aromatic rings. The molecule has 1 aliphatic heterocycles. The standard InChI is InChI=1S/C18H17Cl2N3O3S/c19-14-2-1-3-16(17(14)20)27(24,25)22-13-10-12-4-9-26-18(12)15(11-13)23-7-5-21-6-8-23/h1-4,9-11,21-22H,5-8H2. The fourth-order valence-corrected chi connectivity index (χ4v) is 4.97. The van der Waals surface area contributed by atoms with Gasteiger partial charge in [-0.2, -0.15) is 0 Å². The number of sulfonamides is 1. The highest BCUT2D eigenvalue weighted by atomic mass is 35.5. The van der Waals surface area contributed by atoms with Crippen LogP contribution in [-0.4, -0.2) is 34.6 Å². The topological polar surface area (TPSA) is 74.6 Å². The molecule has 142 valence electrons. The summed E-state index contributed by atoms with van der Waals surface area (Å²) in [4.78, 5) is 2.11. The minimum atomic E-state index is -3.89. The van der Waals surface area contributed by atoms with E-state index in [0.717, 1.165) is 42.8 Å². The van der Waals surface area contributed by atoms with Crippen molar-refractivity contribution in [2.45, 2.75) is 4.90 Å². The average molecular weight is 426 g/mol. The second-order valence-corrected chi connectivity index (χ2v) is 8.66. The SMILES string of the molecule is O=S(=O)(Nc1cc(N2CCNCC2)c2occc2c1)c1cccc(Cl)c1Cl. The Morgan fingerprint density at radius 3 is 2.67 bits per heavy atom. The van der Waals surface area contributed by atoms with E-state index in [2.05, 4.69) is 14.9 Å². The molecular weight excluding hydrogens is 409 g/mol. The molecule has 0 atom stereocenters. The first-order valence-electron chi connectivity index (χ1n) is 8.39. The Morgan fingerprint density at radius 1 is 1.11 bits per heavy atom. The molecule has 2 heterocycles. The average Bonchev–Trinajstić information content (AvgIpc) is 3.12. The van der Waals surface area contributed by atoms with Crippen LogP contribution in [0.2, 0.25) is 10.0 Å². The van der Waals surface area contributed by atoms with Gasteiger partial charge in [0.15, 0.2) is 5.58 Å². The first-order valence-corrected chi connectivity index (χ1v) is 10.6. The smallest absolute Gasteiger partial charge is 0.263 e. The van der Waals surface area contributed by atoms with Gasteiger partial charge < -0.3 is 14.6 Å². The molecule has 0 saturated carbocycles. The third-order valence-corrected chi connectivity index (χ3v) is 6.80. The summed E-state index contributed by atoms with van der Waals surface area (Å²) in [6.45, 7) is 3.34. The number of anilines is 2. The van der Waals surface area contributed by atoms with E-state index in [0.29, 0.717) is 5.69 Å². The van der Waals surface area contributed by atoms with Crippen LogP contribution in [0.15, 0.2) is 52.0 Å². The van der Waals surface area contributed by atoms with Crippen molar-refractivity contribution in [3.05, 3.63) is 52.7 Å². The number of halogens is 2. The van der Waals surface area contributed by atoms with Crippen LogP contribution in [0.5, 0.6) is 0 Å². The van der Waals surface area contributed by atoms with Crippen LogP contribution in [0.25, 0.3) is 11.0 Å². The number of hydrogen-bond acceptors (Lipinski definition) is 5. The normalized spacial score (nSPS) is 15.3. The Bertz CT molecular complexity index is 1090. The Labute approximate surface area is 167 Å². The van der Waals surface area contributed by atoms with E-state index in [1.54, 1.807) is 30.5 Å². The molecule has 0 unspecified atom stereocenters. The van der Waals surface area contributed by atoms with Crippen LogP contribution in [-0.2, 0) is 10.0 Å². The van der Waals surface area contributed by atoms with Crippen LogP contribution in [0.4, 0.5) is 11.4 Å². The maximum Gasteiger partial charge on any atom is 0.263 e. The van der Waals surface area contributed by atoms with Gasteiger partial charge in [0, 0.05) is 31.6 Å². The van der Waals surface area contributed by atoms with Gasteiger partial charge in [0.1, 0.15) is 4.90 Å². The van der Waals surface area contributed by atoms with Gasteiger partial charge in [0.25, 0.3) is 10.0 Å². The number of nitrogens with zero attached hydrogens (tertiary/aromatic N) is 1. The van der Waals surface area contributed by atoms with Gasteiger partial charge in [-0.15, -0.1) is 0 Å². The molecular formula is C18H17Cl2N3O3S. The van der Waals surface area contributed by atoms with Crippen molar-refractivity contribution < 1.29 is 12.8 Å². The van der Waals surface area contributed by atoms with Crippen LogP contribution in [0, 0.1) is 0 Å². The summed E-state index contributed by atoms with van der Waals surface area (Å²) < 4.78 is 33.9. The number of piperazine rings is 1. The van der Waals surface area contributed by atoms with E-state index in [-0.39, 0.29) is 14.9 Å². The van der Waals surface area contributed by atoms with E-state index in [9.17, 15) is 8.42 Å². The van der Waals surface area contributed by atoms with Crippen LogP contribution in [0.1, 0.15) is 0 Å². The lowest BCUT2D eigenvalue weighted by Gasteiger charge is -2.29. The molecule has 0 amide bonds. The monoisotopic (exact) mass is 425 g/mol. The fraction of sp³-hybridized carbons (Fsp3) is 0.222. The van der Waals surface area contributed by atoms with Gasteiger partial charge in [-0.25, -0.2) is 8.42 Å². The minimum absolute atomic E-state index is 0.00150. The maximum absolute atomic E-state index is 12.8. The summed E-state index contributed by atoms with van der Waals surface area (Å²) in [5.41, 5.74) is 2.03. The van der Waals surface area contributed by atoms with Gasteiger partial charge in [-0.1, -0.05) is 29.3 Å². The van der Waals surface area contributed by atoms with Gasteiger partial charge >= 0.3 is 0 Å². The highest BCUT2D eigenvalue weighted by Crippen LogP contribution is 2.34. The third kappa shape index (κ3) is 3.60. The second-order valence-electron chi connectivity index (χ2n) is 6.23. The zero-order valence-electron chi connectivity index (χ0n) is 14.2. The van der Waals surface area contributed by atoms with Crippen molar-refractivity contribution >= 4 is 55.6 Å². The predicted octanol–water partition coefficient (Wildman–Crippen LogP) is 3.95. The molecule has 0 radical (unpaired) electrons. The predicted molar refractivity (Wildman–Crippen MR) is 109 cm³/mol. The summed E-state index contributed by atoms with van der Waals surface area (Å²) in [6.07, 6.45) is 1.60. The number of furan rings is 1. The molecule has 1 aliphatic rings. The van der Waals surface area contributed by atoms with Gasteiger partial charge in [-0.3, -0.25) is 4.72 Å². The van der Waals surface area contributed by atoms with Crippen LogP contribution >= 0.6 is 23.2 Å². The Kier molecular flexibility index (Phi) is 4.94. The number of nitrogens with one attached hydrogen (secondary N) is 2. The van der Waals surface area contributed by atoms with Crippen molar-refractivity contribution in [1.29, 1.82) is 0 Å². The van der Waals surface area contributed by atoms with Crippen LogP contribution < -0.4 is 14.9 Å².